The number of nitrogens with zero attached hydrogens (tertiary/aromatic N) is 1. The second-order valence-corrected chi connectivity index (χ2v) is 6.54. The molecular weight excluding hydrogens is 270 g/mol. The van der Waals surface area contributed by atoms with Crippen LogP contribution in [0.2, 0.25) is 0 Å². The third-order valence-corrected chi connectivity index (χ3v) is 4.98. The third kappa shape index (κ3) is 3.11. The molecule has 0 spiro atoms. The first-order valence-corrected chi connectivity index (χ1v) is 7.97. The van der Waals surface area contributed by atoms with Crippen LogP contribution >= 0.6 is 11.3 Å². The molecule has 0 atom stereocenters. The molecule has 0 bridgehead atoms. The van der Waals surface area contributed by atoms with Gasteiger partial charge in [-0.15, -0.1) is 11.3 Å². The van der Waals surface area contributed by atoms with Crippen LogP contribution in [0.25, 0.3) is 10.6 Å². The number of methoxy groups -OCH3 is 1. The van der Waals surface area contributed by atoms with E-state index >= 15 is 0 Å². The Kier molecular flexibility index (Phi) is 4.19. The lowest BCUT2D eigenvalue weighted by Gasteiger charge is -2.15. The molecule has 4 nitrogen and oxygen atoms in total. The molecule has 1 saturated carbocycles. The number of rotatable bonds is 8. The Bertz CT molecular complexity index is 531. The normalized spacial score (nSPS) is 16.4. The molecule has 20 heavy (non-hydrogen) atoms. The van der Waals surface area contributed by atoms with Crippen molar-refractivity contribution in [2.45, 2.75) is 25.8 Å². The van der Waals surface area contributed by atoms with Crippen molar-refractivity contribution in [3.8, 4) is 10.6 Å². The second kappa shape index (κ2) is 6.08. The quantitative estimate of drug-likeness (QED) is 0.786. The summed E-state index contributed by atoms with van der Waals surface area (Å²) in [5.41, 5.74) is 2.88. The van der Waals surface area contributed by atoms with Crippen LogP contribution in [0.15, 0.2) is 23.7 Å². The number of ether oxygens (including phenoxy) is 1. The molecule has 2 aromatic rings. The van der Waals surface area contributed by atoms with Gasteiger partial charge in [-0.05, 0) is 36.1 Å². The zero-order chi connectivity index (χ0) is 13.8. The predicted molar refractivity (Wildman–Crippen MR) is 81.8 cm³/mol. The van der Waals surface area contributed by atoms with Gasteiger partial charge in [0, 0.05) is 32.4 Å². The molecule has 108 valence electrons. The van der Waals surface area contributed by atoms with Crippen LogP contribution in [0.3, 0.4) is 0 Å². The minimum absolute atomic E-state index is 0.489. The van der Waals surface area contributed by atoms with Gasteiger partial charge >= 0.3 is 0 Å². The van der Waals surface area contributed by atoms with E-state index < -0.39 is 0 Å². The van der Waals surface area contributed by atoms with Crippen LogP contribution in [-0.2, 0) is 11.3 Å². The van der Waals surface area contributed by atoms with Crippen LogP contribution in [0.1, 0.15) is 24.8 Å². The summed E-state index contributed by atoms with van der Waals surface area (Å²) >= 11 is 1.74. The minimum Gasteiger partial charge on any atom is -0.385 e. The highest BCUT2D eigenvalue weighted by atomic mass is 32.1. The number of nitrogens with one attached hydrogen (secondary N) is 2. The predicted octanol–water partition coefficient (Wildman–Crippen LogP) is 3.04. The van der Waals surface area contributed by atoms with E-state index in [2.05, 4.69) is 33.0 Å². The van der Waals surface area contributed by atoms with E-state index in [0.717, 1.165) is 25.4 Å². The van der Waals surface area contributed by atoms with Crippen molar-refractivity contribution in [2.24, 2.45) is 5.41 Å². The summed E-state index contributed by atoms with van der Waals surface area (Å²) in [5, 5.41) is 13.0. The fourth-order valence-electron chi connectivity index (χ4n) is 2.55. The Balaban J connectivity index is 1.54. The van der Waals surface area contributed by atoms with Gasteiger partial charge in [0.25, 0.3) is 0 Å². The van der Waals surface area contributed by atoms with Gasteiger partial charge in [0.1, 0.15) is 0 Å². The summed E-state index contributed by atoms with van der Waals surface area (Å²) in [7, 11) is 1.78. The fraction of sp³-hybridized carbons (Fsp3) is 0.533. The molecule has 1 fully saturated rings. The van der Waals surface area contributed by atoms with Gasteiger partial charge < -0.3 is 10.1 Å². The Morgan fingerprint density at radius 2 is 2.40 bits per heavy atom. The maximum absolute atomic E-state index is 5.20. The van der Waals surface area contributed by atoms with Crippen molar-refractivity contribution in [1.82, 2.24) is 15.5 Å². The number of aromatic nitrogens is 2. The lowest BCUT2D eigenvalue weighted by molar-refractivity contribution is 0.171. The molecule has 0 amide bonds. The molecule has 2 N–H and O–H groups in total. The van der Waals surface area contributed by atoms with Crippen molar-refractivity contribution < 1.29 is 4.74 Å². The van der Waals surface area contributed by atoms with Crippen LogP contribution < -0.4 is 5.32 Å². The second-order valence-electron chi connectivity index (χ2n) is 5.59. The van der Waals surface area contributed by atoms with E-state index in [9.17, 15) is 0 Å². The molecule has 5 heteroatoms. The number of H-pyrrole nitrogens is 1. The Morgan fingerprint density at radius 3 is 3.10 bits per heavy atom. The van der Waals surface area contributed by atoms with Gasteiger partial charge in [-0.1, -0.05) is 6.07 Å². The first-order valence-electron chi connectivity index (χ1n) is 7.09. The van der Waals surface area contributed by atoms with Crippen LogP contribution in [0.4, 0.5) is 0 Å². The van der Waals surface area contributed by atoms with Gasteiger partial charge in [0.2, 0.25) is 0 Å². The van der Waals surface area contributed by atoms with E-state index in [1.54, 1.807) is 18.4 Å². The fourth-order valence-corrected chi connectivity index (χ4v) is 3.31. The van der Waals surface area contributed by atoms with Gasteiger partial charge in [-0.3, -0.25) is 5.10 Å². The molecule has 0 radical (unpaired) electrons. The maximum atomic E-state index is 5.20. The van der Waals surface area contributed by atoms with E-state index in [0.29, 0.717) is 5.41 Å². The average molecular weight is 291 g/mol. The van der Waals surface area contributed by atoms with Crippen molar-refractivity contribution in [3.63, 3.8) is 0 Å². The van der Waals surface area contributed by atoms with Crippen molar-refractivity contribution in [3.05, 3.63) is 29.3 Å². The maximum Gasteiger partial charge on any atom is 0.0794 e. The van der Waals surface area contributed by atoms with Gasteiger partial charge in [0.05, 0.1) is 16.8 Å². The highest BCUT2D eigenvalue weighted by Crippen LogP contribution is 2.48. The summed E-state index contributed by atoms with van der Waals surface area (Å²) in [5.74, 6) is 0. The highest BCUT2D eigenvalue weighted by Gasteiger charge is 2.41. The first kappa shape index (κ1) is 13.8. The Morgan fingerprint density at radius 1 is 1.50 bits per heavy atom. The van der Waals surface area contributed by atoms with Crippen LogP contribution in [0.5, 0.6) is 0 Å². The van der Waals surface area contributed by atoms with Crippen molar-refractivity contribution in [1.29, 1.82) is 0 Å². The highest BCUT2D eigenvalue weighted by molar-refractivity contribution is 7.13. The summed E-state index contributed by atoms with van der Waals surface area (Å²) in [6, 6.07) is 4.20. The van der Waals surface area contributed by atoms with E-state index in [4.69, 9.17) is 4.74 Å². The van der Waals surface area contributed by atoms with Gasteiger partial charge in [-0.2, -0.15) is 5.10 Å². The Hall–Kier alpha value is -1.17. The first-order chi connectivity index (χ1) is 9.83. The smallest absolute Gasteiger partial charge is 0.0794 e. The van der Waals surface area contributed by atoms with Gasteiger partial charge in [0.15, 0.2) is 0 Å². The summed E-state index contributed by atoms with van der Waals surface area (Å²) in [4.78, 5) is 1.25. The largest absolute Gasteiger partial charge is 0.385 e. The number of hydrogen-bond acceptors (Lipinski definition) is 4. The standard InChI is InChI=1S/C15H21N3OS/c1-19-7-6-15(4-5-15)11-16-9-12-10-17-18-14(12)13-3-2-8-20-13/h2-3,8,10,16H,4-7,9,11H2,1H3,(H,17,18). The SMILES string of the molecule is COCCC1(CNCc2cn[nH]c2-c2cccs2)CC1. The summed E-state index contributed by atoms with van der Waals surface area (Å²) < 4.78 is 5.20. The lowest BCUT2D eigenvalue weighted by atomic mass is 10.0. The summed E-state index contributed by atoms with van der Waals surface area (Å²) in [6.45, 7) is 2.82. The molecule has 1 aliphatic rings. The minimum atomic E-state index is 0.489. The van der Waals surface area contributed by atoms with Crippen molar-refractivity contribution >= 4 is 11.3 Å². The van der Waals surface area contributed by atoms with Crippen LogP contribution in [-0.4, -0.2) is 30.5 Å². The van der Waals surface area contributed by atoms with E-state index in [1.807, 2.05) is 6.20 Å². The molecule has 3 rings (SSSR count). The molecule has 0 aliphatic heterocycles. The number of aromatic amines is 1. The molecule has 2 heterocycles. The molecule has 0 saturated heterocycles. The van der Waals surface area contributed by atoms with E-state index in [-0.39, 0.29) is 0 Å². The monoisotopic (exact) mass is 291 g/mol. The zero-order valence-corrected chi connectivity index (χ0v) is 12.6. The van der Waals surface area contributed by atoms with E-state index in [1.165, 1.54) is 29.7 Å². The zero-order valence-electron chi connectivity index (χ0n) is 11.8. The topological polar surface area (TPSA) is 49.9 Å². The third-order valence-electron chi connectivity index (χ3n) is 4.09. The molecule has 1 aliphatic carbocycles. The molecule has 0 aromatic carbocycles. The number of hydrogen-bond donors (Lipinski definition) is 2. The van der Waals surface area contributed by atoms with Crippen molar-refractivity contribution in [2.75, 3.05) is 20.3 Å². The molecular formula is C15H21N3OS. The lowest BCUT2D eigenvalue weighted by Crippen LogP contribution is -2.24. The van der Waals surface area contributed by atoms with Crippen LogP contribution in [0, 0.1) is 5.41 Å². The molecule has 2 aromatic heterocycles. The number of thiophene rings is 1. The van der Waals surface area contributed by atoms with Gasteiger partial charge in [-0.25, -0.2) is 0 Å². The average Bonchev–Trinajstić information content (AvgIpc) is 2.88. The summed E-state index contributed by atoms with van der Waals surface area (Å²) in [6.07, 6.45) is 5.75. The molecule has 0 unspecified atom stereocenters. The Labute approximate surface area is 123 Å².